The molecule has 0 spiro atoms. The fourth-order valence-electron chi connectivity index (χ4n) is 5.77. The molecule has 4 rings (SSSR count). The van der Waals surface area contributed by atoms with Crippen LogP contribution in [0, 0.1) is 23.6 Å². The van der Waals surface area contributed by atoms with Crippen LogP contribution in [0.2, 0.25) is 0 Å². The second kappa shape index (κ2) is 11.8. The van der Waals surface area contributed by atoms with E-state index < -0.39 is 58.4 Å². The Balaban J connectivity index is 1.83. The Morgan fingerprint density at radius 2 is 1.78 bits per heavy atom. The van der Waals surface area contributed by atoms with Crippen LogP contribution in [-0.2, 0) is 17.4 Å². The van der Waals surface area contributed by atoms with Crippen molar-refractivity contribution in [1.29, 1.82) is 0 Å². The number of alkyl halides is 6. The molecule has 0 aromatic heterocycles. The minimum absolute atomic E-state index is 0.0818. The molecule has 2 amide bonds. The summed E-state index contributed by atoms with van der Waals surface area (Å²) in [7, 11) is 1.19. The molecule has 3 atom stereocenters. The fraction of sp³-hybridized carbons (Fsp3) is 0.464. The molecule has 0 saturated heterocycles. The van der Waals surface area contributed by atoms with Gasteiger partial charge in [0.05, 0.1) is 18.4 Å². The number of rotatable bonds is 8. The van der Waals surface area contributed by atoms with E-state index in [1.54, 1.807) is 6.07 Å². The van der Waals surface area contributed by atoms with Gasteiger partial charge in [-0.05, 0) is 80.3 Å². The minimum atomic E-state index is -5.51. The predicted octanol–water partition coefficient (Wildman–Crippen LogP) is 6.31. The van der Waals surface area contributed by atoms with Crippen molar-refractivity contribution >= 4 is 23.2 Å². The van der Waals surface area contributed by atoms with E-state index in [2.05, 4.69) is 4.99 Å². The van der Waals surface area contributed by atoms with Gasteiger partial charge in [-0.3, -0.25) is 9.59 Å². The van der Waals surface area contributed by atoms with E-state index in [-0.39, 0.29) is 29.2 Å². The van der Waals surface area contributed by atoms with Gasteiger partial charge < -0.3 is 15.8 Å². The lowest BCUT2D eigenvalue weighted by molar-refractivity contribution is -0.139. The maximum atomic E-state index is 14.6. The Kier molecular flexibility index (Phi) is 8.76. The number of amides is 2. The second-order valence-electron chi connectivity index (χ2n) is 10.3. The van der Waals surface area contributed by atoms with Crippen molar-refractivity contribution in [3.8, 4) is 5.75 Å². The van der Waals surface area contributed by atoms with E-state index in [9.17, 15) is 40.3 Å². The molecule has 222 valence electrons. The third kappa shape index (κ3) is 6.55. The van der Waals surface area contributed by atoms with Gasteiger partial charge in [0.1, 0.15) is 17.1 Å². The van der Waals surface area contributed by atoms with Crippen LogP contribution < -0.4 is 15.8 Å². The molecule has 2 aliphatic carbocycles. The normalized spacial score (nSPS) is 20.8. The zero-order valence-electron chi connectivity index (χ0n) is 22.0. The van der Waals surface area contributed by atoms with Crippen LogP contribution in [0.1, 0.15) is 59.2 Å². The van der Waals surface area contributed by atoms with Crippen LogP contribution in [0.4, 0.5) is 36.4 Å². The number of aliphatic imine (C=N–C) groups is 1. The average molecular weight is 588 g/mol. The van der Waals surface area contributed by atoms with Crippen molar-refractivity contribution in [3.63, 3.8) is 0 Å². The zero-order chi connectivity index (χ0) is 30.1. The highest BCUT2D eigenvalue weighted by Crippen LogP contribution is 2.49. The van der Waals surface area contributed by atoms with E-state index in [0.717, 1.165) is 6.42 Å². The number of halogens is 7. The third-order valence-corrected chi connectivity index (χ3v) is 7.66. The van der Waals surface area contributed by atoms with E-state index in [1.807, 2.05) is 5.32 Å². The van der Waals surface area contributed by atoms with Crippen LogP contribution in [-0.4, -0.2) is 37.4 Å². The molecule has 3 unspecified atom stereocenters. The van der Waals surface area contributed by atoms with Crippen molar-refractivity contribution in [3.05, 3.63) is 58.4 Å². The van der Waals surface area contributed by atoms with Crippen LogP contribution in [0.25, 0.3) is 0 Å². The summed E-state index contributed by atoms with van der Waals surface area (Å²) in [6.45, 7) is 0.315. The summed E-state index contributed by atoms with van der Waals surface area (Å²) in [5, 5.41) is 1.83. The summed E-state index contributed by atoms with van der Waals surface area (Å²) in [6.07, 6.45) is -7.48. The van der Waals surface area contributed by atoms with Crippen LogP contribution in [0.5, 0.6) is 5.75 Å². The molecular formula is C28H28F7N3O3. The van der Waals surface area contributed by atoms with Gasteiger partial charge in [-0.1, -0.05) is 12.5 Å². The lowest BCUT2D eigenvalue weighted by atomic mass is 9.88. The molecule has 2 aliphatic rings. The number of carbonyl (C=O) groups excluding carboxylic acids is 2. The summed E-state index contributed by atoms with van der Waals surface area (Å²) in [5.41, 5.74) is -1.11. The topological polar surface area (TPSA) is 93.8 Å². The first-order valence-electron chi connectivity index (χ1n) is 13.0. The summed E-state index contributed by atoms with van der Waals surface area (Å²) in [6, 6.07) is 4.89. The van der Waals surface area contributed by atoms with Gasteiger partial charge in [-0.25, -0.2) is 9.38 Å². The summed E-state index contributed by atoms with van der Waals surface area (Å²) >= 11 is 0. The first-order valence-corrected chi connectivity index (χ1v) is 13.0. The first kappa shape index (κ1) is 30.5. The highest BCUT2D eigenvalue weighted by atomic mass is 19.4. The van der Waals surface area contributed by atoms with E-state index in [1.165, 1.54) is 19.2 Å². The van der Waals surface area contributed by atoms with Gasteiger partial charge in [0.15, 0.2) is 5.71 Å². The molecule has 2 aromatic rings. The highest BCUT2D eigenvalue weighted by molar-refractivity contribution is 6.16. The van der Waals surface area contributed by atoms with E-state index >= 15 is 0 Å². The number of carbonyl (C=O) groups is 2. The van der Waals surface area contributed by atoms with Gasteiger partial charge in [-0.2, -0.15) is 26.3 Å². The smallest absolute Gasteiger partial charge is 0.434 e. The molecule has 2 bridgehead atoms. The first-order chi connectivity index (χ1) is 19.2. The molecular weight excluding hydrogens is 559 g/mol. The van der Waals surface area contributed by atoms with Crippen LogP contribution in [0.3, 0.4) is 0 Å². The minimum Gasteiger partial charge on any atom is -0.496 e. The standard InChI is InChI=1S/C28H28F7N3O3/c1-41-21-9-5-14(3-2-10-36)12-19(21)26(40)37-23-17(7-8-20(29)22(23)27(30,31)32)24(28(33,34)35)38-25(39)18-13-15-4-6-16(18)11-15/h5,7-9,12,15-16,18H,2-4,6,10-11,13,36H2,1H3,(H,37,40). The third-order valence-electron chi connectivity index (χ3n) is 7.66. The number of hydrogen-bond acceptors (Lipinski definition) is 4. The number of nitrogens with one attached hydrogen (secondary N) is 1. The maximum Gasteiger partial charge on any atom is 0.434 e. The van der Waals surface area contributed by atoms with Crippen molar-refractivity contribution in [2.45, 2.75) is 50.9 Å². The molecule has 2 saturated carbocycles. The van der Waals surface area contributed by atoms with E-state index in [0.29, 0.717) is 50.3 Å². The molecule has 41 heavy (non-hydrogen) atoms. The molecule has 0 heterocycles. The summed E-state index contributed by atoms with van der Waals surface area (Å²) in [4.78, 5) is 29.4. The Morgan fingerprint density at radius 3 is 2.34 bits per heavy atom. The largest absolute Gasteiger partial charge is 0.496 e. The maximum absolute atomic E-state index is 14.6. The van der Waals surface area contributed by atoms with Crippen molar-refractivity contribution in [2.24, 2.45) is 28.5 Å². The van der Waals surface area contributed by atoms with Crippen molar-refractivity contribution in [1.82, 2.24) is 0 Å². The Hall–Kier alpha value is -3.48. The van der Waals surface area contributed by atoms with Gasteiger partial charge in [0.25, 0.3) is 5.91 Å². The van der Waals surface area contributed by atoms with Crippen LogP contribution >= 0.6 is 0 Å². The van der Waals surface area contributed by atoms with Gasteiger partial charge in [-0.15, -0.1) is 0 Å². The molecule has 13 heteroatoms. The number of ether oxygens (including phenoxy) is 1. The number of nitrogens with zero attached hydrogens (tertiary/aromatic N) is 1. The number of anilines is 1. The number of methoxy groups -OCH3 is 1. The van der Waals surface area contributed by atoms with E-state index in [4.69, 9.17) is 10.5 Å². The highest BCUT2D eigenvalue weighted by Gasteiger charge is 2.47. The lowest BCUT2D eigenvalue weighted by Gasteiger charge is -2.22. The summed E-state index contributed by atoms with van der Waals surface area (Å²) < 4.78 is 105. The average Bonchev–Trinajstić information content (AvgIpc) is 3.53. The monoisotopic (exact) mass is 587 g/mol. The van der Waals surface area contributed by atoms with Crippen molar-refractivity contribution in [2.75, 3.05) is 19.0 Å². The van der Waals surface area contributed by atoms with Crippen molar-refractivity contribution < 1.29 is 45.1 Å². The Labute approximate surface area is 231 Å². The quantitative estimate of drug-likeness (QED) is 0.280. The number of aryl methyl sites for hydroxylation is 1. The molecule has 0 aliphatic heterocycles. The van der Waals surface area contributed by atoms with Crippen LogP contribution in [0.15, 0.2) is 35.3 Å². The van der Waals surface area contributed by atoms with Gasteiger partial charge >= 0.3 is 12.4 Å². The fourth-order valence-corrected chi connectivity index (χ4v) is 5.77. The molecule has 2 aromatic carbocycles. The van der Waals surface area contributed by atoms with Gasteiger partial charge in [0, 0.05) is 11.5 Å². The van der Waals surface area contributed by atoms with Gasteiger partial charge in [0.2, 0.25) is 5.91 Å². The predicted molar refractivity (Wildman–Crippen MR) is 136 cm³/mol. The molecule has 2 fully saturated rings. The zero-order valence-corrected chi connectivity index (χ0v) is 22.0. The number of hydrogen-bond donors (Lipinski definition) is 2. The number of fused-ring (bicyclic) bond motifs is 2. The lowest BCUT2D eigenvalue weighted by Crippen LogP contribution is -2.30. The molecule has 0 radical (unpaired) electrons. The SMILES string of the molecule is COc1ccc(CCCN)cc1C(=O)Nc1c(C(=NC(=O)C2CC3CCC2C3)C(F)(F)F)ccc(F)c1C(F)(F)F. The summed E-state index contributed by atoms with van der Waals surface area (Å²) in [5.74, 6) is -5.13. The Morgan fingerprint density at radius 1 is 1.05 bits per heavy atom. The number of benzene rings is 2. The molecule has 6 nitrogen and oxygen atoms in total. The molecule has 3 N–H and O–H groups in total. The number of nitrogens with two attached hydrogens (primary N) is 1. The Bertz CT molecular complexity index is 1350. The second-order valence-corrected chi connectivity index (χ2v) is 10.3.